The van der Waals surface area contributed by atoms with Crippen LogP contribution >= 0.6 is 0 Å². The summed E-state index contributed by atoms with van der Waals surface area (Å²) in [5.74, 6) is 1.15. The Hall–Kier alpha value is -3.16. The summed E-state index contributed by atoms with van der Waals surface area (Å²) in [4.78, 5) is 14.4. The first kappa shape index (κ1) is 20.6. The fourth-order valence-electron chi connectivity index (χ4n) is 2.84. The summed E-state index contributed by atoms with van der Waals surface area (Å²) in [6.07, 6.45) is 0. The van der Waals surface area contributed by atoms with Gasteiger partial charge in [-0.05, 0) is 61.0 Å². The number of nitrogens with zero attached hydrogens (tertiary/aromatic N) is 1. The van der Waals surface area contributed by atoms with Gasteiger partial charge in [0.2, 0.25) is 10.0 Å². The van der Waals surface area contributed by atoms with Gasteiger partial charge in [0, 0.05) is 12.6 Å². The minimum absolute atomic E-state index is 0.0186. The van der Waals surface area contributed by atoms with Crippen molar-refractivity contribution in [2.75, 3.05) is 7.05 Å². The summed E-state index contributed by atoms with van der Waals surface area (Å²) in [6, 6.07) is 22.2. The molecule has 3 rings (SSSR count). The Labute approximate surface area is 170 Å². The Kier molecular flexibility index (Phi) is 6.00. The third-order valence-corrected chi connectivity index (χ3v) is 5.56. The standard InChI is InChI=1S/C22H22N2O4S/c1-16(18-7-6-10-21(15-18)29(23,26)27)24(2)22(25)17-11-13-20(14-12-17)28-19-8-4-3-5-9-19/h3-16H,1-2H3,(H2,23,26,27). The van der Waals surface area contributed by atoms with Gasteiger partial charge in [0.15, 0.2) is 0 Å². The summed E-state index contributed by atoms with van der Waals surface area (Å²) in [5, 5.41) is 5.20. The van der Waals surface area contributed by atoms with Gasteiger partial charge in [-0.1, -0.05) is 30.3 Å². The van der Waals surface area contributed by atoms with Gasteiger partial charge in [-0.15, -0.1) is 0 Å². The van der Waals surface area contributed by atoms with Crippen molar-refractivity contribution in [3.8, 4) is 11.5 Å². The number of rotatable bonds is 6. The van der Waals surface area contributed by atoms with Crippen LogP contribution in [0, 0.1) is 0 Å². The highest BCUT2D eigenvalue weighted by atomic mass is 32.2. The molecule has 0 aliphatic rings. The quantitative estimate of drug-likeness (QED) is 0.666. The van der Waals surface area contributed by atoms with Crippen LogP contribution in [0.15, 0.2) is 83.8 Å². The predicted molar refractivity (Wildman–Crippen MR) is 111 cm³/mol. The minimum Gasteiger partial charge on any atom is -0.457 e. The van der Waals surface area contributed by atoms with Gasteiger partial charge in [-0.3, -0.25) is 4.79 Å². The molecule has 0 fully saturated rings. The molecule has 1 amide bonds. The molecule has 2 N–H and O–H groups in total. The maximum absolute atomic E-state index is 12.9. The maximum atomic E-state index is 12.9. The van der Waals surface area contributed by atoms with Crippen molar-refractivity contribution in [3.63, 3.8) is 0 Å². The maximum Gasteiger partial charge on any atom is 0.254 e. The largest absolute Gasteiger partial charge is 0.457 e. The van der Waals surface area contributed by atoms with Crippen LogP contribution in [0.1, 0.15) is 28.9 Å². The van der Waals surface area contributed by atoms with Crippen molar-refractivity contribution in [1.82, 2.24) is 4.90 Å². The molecule has 0 saturated carbocycles. The molecule has 0 radical (unpaired) electrons. The molecule has 29 heavy (non-hydrogen) atoms. The average Bonchev–Trinajstić information content (AvgIpc) is 2.73. The summed E-state index contributed by atoms with van der Waals surface area (Å²) in [7, 11) is -2.13. The molecule has 0 aliphatic carbocycles. The number of hydrogen-bond donors (Lipinski definition) is 1. The molecule has 1 atom stereocenters. The smallest absolute Gasteiger partial charge is 0.254 e. The zero-order chi connectivity index (χ0) is 21.0. The Balaban J connectivity index is 1.74. The van der Waals surface area contributed by atoms with E-state index >= 15 is 0 Å². The van der Waals surface area contributed by atoms with Gasteiger partial charge in [0.05, 0.1) is 10.9 Å². The SMILES string of the molecule is CC(c1cccc(S(N)(=O)=O)c1)N(C)C(=O)c1ccc(Oc2ccccc2)cc1. The van der Waals surface area contributed by atoms with E-state index in [0.717, 1.165) is 0 Å². The van der Waals surface area contributed by atoms with Crippen LogP contribution in [0.25, 0.3) is 0 Å². The topological polar surface area (TPSA) is 89.7 Å². The number of amides is 1. The molecule has 0 bridgehead atoms. The number of ether oxygens (including phenoxy) is 1. The van der Waals surface area contributed by atoms with E-state index in [1.165, 1.54) is 12.1 Å². The van der Waals surface area contributed by atoms with E-state index in [2.05, 4.69) is 0 Å². The zero-order valence-electron chi connectivity index (χ0n) is 16.1. The molecule has 150 valence electrons. The van der Waals surface area contributed by atoms with Crippen molar-refractivity contribution < 1.29 is 17.9 Å². The van der Waals surface area contributed by atoms with E-state index in [1.54, 1.807) is 48.3 Å². The van der Waals surface area contributed by atoms with E-state index in [4.69, 9.17) is 9.88 Å². The number of sulfonamides is 1. The third kappa shape index (κ3) is 5.01. The van der Waals surface area contributed by atoms with Crippen molar-refractivity contribution in [3.05, 3.63) is 90.0 Å². The van der Waals surface area contributed by atoms with Crippen LogP contribution in [-0.4, -0.2) is 26.3 Å². The molecule has 7 heteroatoms. The highest BCUT2D eigenvalue weighted by Crippen LogP contribution is 2.25. The van der Waals surface area contributed by atoms with Crippen molar-refractivity contribution in [2.45, 2.75) is 17.9 Å². The van der Waals surface area contributed by atoms with Crippen LogP contribution in [-0.2, 0) is 10.0 Å². The second-order valence-corrected chi connectivity index (χ2v) is 8.21. The fourth-order valence-corrected chi connectivity index (χ4v) is 3.41. The minimum atomic E-state index is -3.80. The van der Waals surface area contributed by atoms with Gasteiger partial charge in [0.1, 0.15) is 11.5 Å². The van der Waals surface area contributed by atoms with Crippen LogP contribution in [0.3, 0.4) is 0 Å². The number of carbonyl (C=O) groups excluding carboxylic acids is 1. The first-order valence-corrected chi connectivity index (χ1v) is 10.5. The number of para-hydroxylation sites is 1. The van der Waals surface area contributed by atoms with Crippen LogP contribution < -0.4 is 9.88 Å². The second-order valence-electron chi connectivity index (χ2n) is 6.65. The summed E-state index contributed by atoms with van der Waals surface area (Å²) in [5.41, 5.74) is 1.18. The Morgan fingerprint density at radius 2 is 1.55 bits per heavy atom. The fraction of sp³-hybridized carbons (Fsp3) is 0.136. The van der Waals surface area contributed by atoms with Crippen LogP contribution in [0.5, 0.6) is 11.5 Å². The van der Waals surface area contributed by atoms with Gasteiger partial charge in [-0.2, -0.15) is 0 Å². The first-order chi connectivity index (χ1) is 13.8. The third-order valence-electron chi connectivity index (χ3n) is 4.65. The van der Waals surface area contributed by atoms with E-state index in [0.29, 0.717) is 22.6 Å². The van der Waals surface area contributed by atoms with Crippen LogP contribution in [0.2, 0.25) is 0 Å². The van der Waals surface area contributed by atoms with Gasteiger partial charge >= 0.3 is 0 Å². The molecule has 0 heterocycles. The summed E-state index contributed by atoms with van der Waals surface area (Å²) in [6.45, 7) is 1.83. The van der Waals surface area contributed by atoms with Crippen LogP contribution in [0.4, 0.5) is 0 Å². The highest BCUT2D eigenvalue weighted by Gasteiger charge is 2.20. The van der Waals surface area contributed by atoms with Crippen molar-refractivity contribution in [2.24, 2.45) is 5.14 Å². The van der Waals surface area contributed by atoms with Gasteiger partial charge < -0.3 is 9.64 Å². The first-order valence-electron chi connectivity index (χ1n) is 8.98. The molecule has 0 aliphatic heterocycles. The normalized spacial score (nSPS) is 12.2. The lowest BCUT2D eigenvalue weighted by Crippen LogP contribution is -2.29. The molecule has 3 aromatic rings. The lowest BCUT2D eigenvalue weighted by Gasteiger charge is -2.26. The van der Waals surface area contributed by atoms with E-state index in [1.807, 2.05) is 37.3 Å². The number of nitrogens with two attached hydrogens (primary N) is 1. The molecule has 0 aromatic heterocycles. The zero-order valence-corrected chi connectivity index (χ0v) is 17.0. The average molecular weight is 410 g/mol. The molecule has 0 saturated heterocycles. The number of hydrogen-bond acceptors (Lipinski definition) is 4. The lowest BCUT2D eigenvalue weighted by atomic mass is 10.1. The Morgan fingerprint density at radius 3 is 2.17 bits per heavy atom. The highest BCUT2D eigenvalue weighted by molar-refractivity contribution is 7.89. The van der Waals surface area contributed by atoms with Gasteiger partial charge in [0.25, 0.3) is 5.91 Å². The predicted octanol–water partition coefficient (Wildman–Crippen LogP) is 3.96. The number of benzene rings is 3. The number of carbonyl (C=O) groups is 1. The molecule has 6 nitrogen and oxygen atoms in total. The molecule has 1 unspecified atom stereocenters. The molecular formula is C22H22N2O4S. The van der Waals surface area contributed by atoms with Crippen molar-refractivity contribution in [1.29, 1.82) is 0 Å². The Bertz CT molecular complexity index is 1100. The summed E-state index contributed by atoms with van der Waals surface area (Å²) < 4.78 is 28.9. The monoisotopic (exact) mass is 410 g/mol. The number of primary sulfonamides is 1. The molecule has 3 aromatic carbocycles. The van der Waals surface area contributed by atoms with E-state index in [9.17, 15) is 13.2 Å². The Morgan fingerprint density at radius 1 is 0.931 bits per heavy atom. The summed E-state index contributed by atoms with van der Waals surface area (Å²) >= 11 is 0. The second kappa shape index (κ2) is 8.46. The van der Waals surface area contributed by atoms with Crippen molar-refractivity contribution >= 4 is 15.9 Å². The van der Waals surface area contributed by atoms with E-state index in [-0.39, 0.29) is 16.8 Å². The molecular weight excluding hydrogens is 388 g/mol. The van der Waals surface area contributed by atoms with Gasteiger partial charge in [-0.25, -0.2) is 13.6 Å². The lowest BCUT2D eigenvalue weighted by molar-refractivity contribution is 0.0742. The van der Waals surface area contributed by atoms with E-state index < -0.39 is 10.0 Å². The molecule has 0 spiro atoms.